The first-order valence-corrected chi connectivity index (χ1v) is 8.21. The van der Waals surface area contributed by atoms with Crippen molar-refractivity contribution >= 4 is 28.2 Å². The van der Waals surface area contributed by atoms with Gasteiger partial charge in [0.1, 0.15) is 5.56 Å². The Kier molecular flexibility index (Phi) is 3.93. The number of aliphatic carboxylic acids is 1. The zero-order valence-corrected chi connectivity index (χ0v) is 13.7. The molecule has 3 rings (SSSR count). The van der Waals surface area contributed by atoms with E-state index in [0.717, 1.165) is 10.6 Å². The summed E-state index contributed by atoms with van der Waals surface area (Å²) in [4.78, 5) is 43.6. The molecule has 1 saturated heterocycles. The predicted molar refractivity (Wildman–Crippen MR) is 85.1 cm³/mol. The van der Waals surface area contributed by atoms with E-state index < -0.39 is 17.8 Å². The first-order chi connectivity index (χ1) is 10.9. The van der Waals surface area contributed by atoms with Crippen LogP contribution >= 0.6 is 11.3 Å². The van der Waals surface area contributed by atoms with Gasteiger partial charge in [0.25, 0.3) is 11.5 Å². The lowest BCUT2D eigenvalue weighted by atomic mass is 9.98. The van der Waals surface area contributed by atoms with Crippen molar-refractivity contribution in [1.29, 1.82) is 0 Å². The number of aryl methyl sites for hydroxylation is 2. The average Bonchev–Trinajstić information content (AvgIpc) is 2.82. The second kappa shape index (κ2) is 5.77. The van der Waals surface area contributed by atoms with Gasteiger partial charge in [-0.3, -0.25) is 18.8 Å². The molecule has 1 atom stereocenters. The minimum Gasteiger partial charge on any atom is -0.481 e. The van der Waals surface area contributed by atoms with Crippen molar-refractivity contribution in [3.8, 4) is 0 Å². The third-order valence-corrected chi connectivity index (χ3v) is 5.38. The lowest BCUT2D eigenvalue weighted by molar-refractivity contribution is -0.143. The first-order valence-electron chi connectivity index (χ1n) is 7.40. The van der Waals surface area contributed by atoms with Crippen LogP contribution in [-0.4, -0.2) is 44.4 Å². The molecule has 122 valence electrons. The van der Waals surface area contributed by atoms with E-state index >= 15 is 0 Å². The molecule has 1 aliphatic rings. The van der Waals surface area contributed by atoms with E-state index in [-0.39, 0.29) is 17.7 Å². The minimum absolute atomic E-state index is 0.00515. The van der Waals surface area contributed by atoms with E-state index in [4.69, 9.17) is 5.11 Å². The fraction of sp³-hybridized carbons (Fsp3) is 0.467. The number of thiazole rings is 1. The Morgan fingerprint density at radius 3 is 2.83 bits per heavy atom. The van der Waals surface area contributed by atoms with Gasteiger partial charge in [0.15, 0.2) is 4.96 Å². The molecule has 2 aromatic heterocycles. The zero-order valence-electron chi connectivity index (χ0n) is 12.9. The molecule has 1 unspecified atom stereocenters. The number of hydrogen-bond acceptors (Lipinski definition) is 5. The number of rotatable bonds is 2. The molecule has 0 bridgehead atoms. The van der Waals surface area contributed by atoms with Gasteiger partial charge in [0, 0.05) is 29.9 Å². The maximum atomic E-state index is 12.6. The van der Waals surface area contributed by atoms with Crippen molar-refractivity contribution in [2.45, 2.75) is 26.7 Å². The molecule has 0 aliphatic carbocycles. The summed E-state index contributed by atoms with van der Waals surface area (Å²) in [6, 6.07) is 0. The van der Waals surface area contributed by atoms with Gasteiger partial charge in [-0.15, -0.1) is 11.3 Å². The highest BCUT2D eigenvalue weighted by molar-refractivity contribution is 7.17. The lowest BCUT2D eigenvalue weighted by Crippen LogP contribution is -2.44. The molecule has 1 N–H and O–H groups in total. The Bertz CT molecular complexity index is 854. The number of hydrogen-bond donors (Lipinski definition) is 1. The number of likely N-dealkylation sites (tertiary alicyclic amines) is 1. The lowest BCUT2D eigenvalue weighted by Gasteiger charge is -2.30. The van der Waals surface area contributed by atoms with E-state index in [1.807, 2.05) is 13.8 Å². The number of aromatic nitrogens is 2. The fourth-order valence-corrected chi connectivity index (χ4v) is 3.79. The van der Waals surface area contributed by atoms with Crippen LogP contribution in [-0.2, 0) is 4.79 Å². The monoisotopic (exact) mass is 335 g/mol. The molecule has 0 saturated carbocycles. The standard InChI is InChI=1S/C15H17N3O4S/c1-8-9(2)23-15-16-6-11(13(20)18(8)15)12(19)17-5-3-4-10(7-17)14(21)22/h6,10H,3-5,7H2,1-2H3,(H,21,22). The summed E-state index contributed by atoms with van der Waals surface area (Å²) in [5.41, 5.74) is 0.382. The second-order valence-corrected chi connectivity index (χ2v) is 6.95. The smallest absolute Gasteiger partial charge is 0.308 e. The summed E-state index contributed by atoms with van der Waals surface area (Å²) in [6.45, 7) is 4.32. The third-order valence-electron chi connectivity index (χ3n) is 4.31. The van der Waals surface area contributed by atoms with Crippen LogP contribution in [0.3, 0.4) is 0 Å². The number of nitrogens with zero attached hydrogens (tertiary/aromatic N) is 3. The molecule has 0 aromatic carbocycles. The fourth-order valence-electron chi connectivity index (χ4n) is 2.86. The molecule has 23 heavy (non-hydrogen) atoms. The molecule has 7 nitrogen and oxygen atoms in total. The molecule has 3 heterocycles. The topological polar surface area (TPSA) is 92.0 Å². The third kappa shape index (κ3) is 2.63. The highest BCUT2D eigenvalue weighted by Gasteiger charge is 2.30. The van der Waals surface area contributed by atoms with Gasteiger partial charge in [0.05, 0.1) is 5.92 Å². The van der Waals surface area contributed by atoms with Gasteiger partial charge < -0.3 is 10.0 Å². The van der Waals surface area contributed by atoms with E-state index in [2.05, 4.69) is 4.98 Å². The summed E-state index contributed by atoms with van der Waals surface area (Å²) < 4.78 is 1.45. The highest BCUT2D eigenvalue weighted by Crippen LogP contribution is 2.20. The van der Waals surface area contributed by atoms with Crippen LogP contribution in [0.15, 0.2) is 11.0 Å². The molecular weight excluding hydrogens is 318 g/mol. The second-order valence-electron chi connectivity index (χ2n) is 5.77. The van der Waals surface area contributed by atoms with Crippen LogP contribution in [0.5, 0.6) is 0 Å². The minimum atomic E-state index is -0.905. The van der Waals surface area contributed by atoms with Gasteiger partial charge in [0.2, 0.25) is 0 Å². The van der Waals surface area contributed by atoms with Crippen LogP contribution in [0.1, 0.15) is 33.8 Å². The van der Waals surface area contributed by atoms with Crippen molar-refractivity contribution in [1.82, 2.24) is 14.3 Å². The van der Waals surface area contributed by atoms with Gasteiger partial charge in [-0.25, -0.2) is 4.98 Å². The van der Waals surface area contributed by atoms with E-state index in [1.165, 1.54) is 26.8 Å². The van der Waals surface area contributed by atoms with Crippen molar-refractivity contribution in [3.63, 3.8) is 0 Å². The molecule has 0 spiro atoms. The van der Waals surface area contributed by atoms with Gasteiger partial charge in [-0.1, -0.05) is 0 Å². The normalized spacial score (nSPS) is 18.3. The predicted octanol–water partition coefficient (Wildman–Crippen LogP) is 1.31. The number of carbonyl (C=O) groups excluding carboxylic acids is 1. The number of carboxylic acid groups (broad SMARTS) is 1. The van der Waals surface area contributed by atoms with Gasteiger partial charge >= 0.3 is 5.97 Å². The van der Waals surface area contributed by atoms with E-state index in [9.17, 15) is 14.4 Å². The molecule has 2 aromatic rings. The SMILES string of the molecule is Cc1sc2ncc(C(=O)N3CCCC(C(=O)O)C3)c(=O)n2c1C. The summed E-state index contributed by atoms with van der Waals surface area (Å²) in [6.07, 6.45) is 2.48. The molecule has 1 amide bonds. The molecular formula is C15H17N3O4S. The number of carbonyl (C=O) groups is 2. The molecule has 0 radical (unpaired) electrons. The quantitative estimate of drug-likeness (QED) is 0.893. The van der Waals surface area contributed by atoms with Crippen LogP contribution < -0.4 is 5.56 Å². The summed E-state index contributed by atoms with van der Waals surface area (Å²) in [5, 5.41) is 9.13. The number of carboxylic acids is 1. The largest absolute Gasteiger partial charge is 0.481 e. The Balaban J connectivity index is 1.98. The van der Waals surface area contributed by atoms with E-state index in [1.54, 1.807) is 0 Å². The molecule has 1 fully saturated rings. The Morgan fingerprint density at radius 2 is 2.13 bits per heavy atom. The Hall–Kier alpha value is -2.22. The van der Waals surface area contributed by atoms with Crippen LogP contribution in [0.2, 0.25) is 0 Å². The van der Waals surface area contributed by atoms with Crippen molar-refractivity contribution in [2.75, 3.05) is 13.1 Å². The first kappa shape index (κ1) is 15.7. The number of fused-ring (bicyclic) bond motifs is 1. The summed E-state index contributed by atoms with van der Waals surface area (Å²) >= 11 is 1.40. The van der Waals surface area contributed by atoms with Gasteiger partial charge in [-0.2, -0.15) is 0 Å². The van der Waals surface area contributed by atoms with E-state index in [0.29, 0.717) is 24.3 Å². The summed E-state index contributed by atoms with van der Waals surface area (Å²) in [5.74, 6) is -1.92. The summed E-state index contributed by atoms with van der Waals surface area (Å²) in [7, 11) is 0. The maximum absolute atomic E-state index is 12.6. The van der Waals surface area contributed by atoms with Gasteiger partial charge in [-0.05, 0) is 26.7 Å². The molecule has 8 heteroatoms. The average molecular weight is 335 g/mol. The Labute approximate surface area is 136 Å². The van der Waals surface area contributed by atoms with Crippen molar-refractivity contribution in [3.05, 3.63) is 32.7 Å². The van der Waals surface area contributed by atoms with Crippen LogP contribution in [0.4, 0.5) is 0 Å². The van der Waals surface area contributed by atoms with Crippen molar-refractivity contribution < 1.29 is 14.7 Å². The highest BCUT2D eigenvalue weighted by atomic mass is 32.1. The maximum Gasteiger partial charge on any atom is 0.308 e. The zero-order chi connectivity index (χ0) is 16.7. The number of piperidine rings is 1. The van der Waals surface area contributed by atoms with Crippen molar-refractivity contribution in [2.24, 2.45) is 5.92 Å². The molecule has 1 aliphatic heterocycles. The Morgan fingerprint density at radius 1 is 1.39 bits per heavy atom. The van der Waals surface area contributed by atoms with Crippen LogP contribution in [0, 0.1) is 19.8 Å². The van der Waals surface area contributed by atoms with Crippen LogP contribution in [0.25, 0.3) is 4.96 Å². The number of amides is 1.